The zero-order chi connectivity index (χ0) is 20.6. The monoisotopic (exact) mass is 417 g/mol. The van der Waals surface area contributed by atoms with Crippen LogP contribution in [0.4, 0.5) is 0 Å². The number of nitrogens with zero attached hydrogens (tertiary/aromatic N) is 3. The molecule has 0 unspecified atom stereocenters. The first-order valence-corrected chi connectivity index (χ1v) is 10.4. The smallest absolute Gasteiger partial charge is 0.226 e. The van der Waals surface area contributed by atoms with Crippen LogP contribution in [0.25, 0.3) is 0 Å². The number of piperidine rings is 1. The van der Waals surface area contributed by atoms with Crippen molar-refractivity contribution >= 4 is 17.5 Å². The van der Waals surface area contributed by atoms with Gasteiger partial charge in [0.05, 0.1) is 31.9 Å². The molecule has 1 aromatic heterocycles. The van der Waals surface area contributed by atoms with E-state index < -0.39 is 0 Å². The quantitative estimate of drug-likeness (QED) is 0.614. The molecule has 156 valence electrons. The molecule has 1 aliphatic rings. The maximum absolute atomic E-state index is 12.7. The SMILES string of the molecule is COCCOCc1cnc(C)nc1C1CCN(C(=O)Cc2ccc(Cl)cc2)CC1. The minimum Gasteiger partial charge on any atom is -0.382 e. The van der Waals surface area contributed by atoms with Gasteiger partial charge in [0.2, 0.25) is 5.91 Å². The second-order valence-electron chi connectivity index (χ2n) is 7.33. The van der Waals surface area contributed by atoms with Crippen molar-refractivity contribution in [1.29, 1.82) is 0 Å². The van der Waals surface area contributed by atoms with E-state index in [0.717, 1.165) is 48.6 Å². The van der Waals surface area contributed by atoms with Crippen molar-refractivity contribution in [3.63, 3.8) is 0 Å². The second kappa shape index (κ2) is 10.7. The molecular formula is C22H28ClN3O3. The van der Waals surface area contributed by atoms with Crippen LogP contribution in [0, 0.1) is 6.92 Å². The summed E-state index contributed by atoms with van der Waals surface area (Å²) in [5, 5.41) is 0.684. The van der Waals surface area contributed by atoms with Crippen LogP contribution in [0.3, 0.4) is 0 Å². The first-order chi connectivity index (χ1) is 14.1. The van der Waals surface area contributed by atoms with E-state index in [-0.39, 0.29) is 5.91 Å². The topological polar surface area (TPSA) is 64.6 Å². The summed E-state index contributed by atoms with van der Waals surface area (Å²) in [4.78, 5) is 23.6. The lowest BCUT2D eigenvalue weighted by Gasteiger charge is -2.32. The lowest BCUT2D eigenvalue weighted by Crippen LogP contribution is -2.39. The maximum Gasteiger partial charge on any atom is 0.226 e. The summed E-state index contributed by atoms with van der Waals surface area (Å²) in [6.07, 6.45) is 4.07. The van der Waals surface area contributed by atoms with Crippen LogP contribution in [0.15, 0.2) is 30.5 Å². The van der Waals surface area contributed by atoms with Gasteiger partial charge in [0.1, 0.15) is 5.82 Å². The first-order valence-electron chi connectivity index (χ1n) is 9.98. The average Bonchev–Trinajstić information content (AvgIpc) is 2.74. The number of benzene rings is 1. The fourth-order valence-electron chi connectivity index (χ4n) is 3.59. The molecule has 0 atom stereocenters. The highest BCUT2D eigenvalue weighted by Crippen LogP contribution is 2.29. The van der Waals surface area contributed by atoms with Crippen LogP contribution < -0.4 is 0 Å². The number of likely N-dealkylation sites (tertiary alicyclic amines) is 1. The van der Waals surface area contributed by atoms with Gasteiger partial charge in [-0.3, -0.25) is 4.79 Å². The third-order valence-corrected chi connectivity index (χ3v) is 5.46. The van der Waals surface area contributed by atoms with Crippen molar-refractivity contribution in [2.45, 2.75) is 38.7 Å². The number of ether oxygens (including phenoxy) is 2. The van der Waals surface area contributed by atoms with Crippen LogP contribution >= 0.6 is 11.6 Å². The van der Waals surface area contributed by atoms with E-state index in [1.807, 2.05) is 42.3 Å². The summed E-state index contributed by atoms with van der Waals surface area (Å²) in [5.74, 6) is 1.24. The molecule has 1 aromatic carbocycles. The molecule has 6 nitrogen and oxygen atoms in total. The zero-order valence-electron chi connectivity index (χ0n) is 17.1. The second-order valence-corrected chi connectivity index (χ2v) is 7.77. The van der Waals surface area contributed by atoms with Crippen LogP contribution in [0.1, 0.15) is 41.4 Å². The fraction of sp³-hybridized carbons (Fsp3) is 0.500. The highest BCUT2D eigenvalue weighted by Gasteiger charge is 2.26. The zero-order valence-corrected chi connectivity index (χ0v) is 17.8. The first kappa shape index (κ1) is 21.7. The molecule has 0 N–H and O–H groups in total. The molecule has 1 fully saturated rings. The van der Waals surface area contributed by atoms with Gasteiger partial charge in [0.25, 0.3) is 0 Å². The normalized spacial score (nSPS) is 14.9. The fourth-order valence-corrected chi connectivity index (χ4v) is 3.72. The van der Waals surface area contributed by atoms with Crippen LogP contribution in [-0.4, -0.2) is 54.2 Å². The van der Waals surface area contributed by atoms with Crippen molar-refractivity contribution in [3.05, 3.63) is 58.1 Å². The highest BCUT2D eigenvalue weighted by molar-refractivity contribution is 6.30. The number of carbonyl (C=O) groups excluding carboxylic acids is 1. The standard InChI is InChI=1S/C22H28ClN3O3/c1-16-24-14-19(15-29-12-11-28-2)22(25-16)18-7-9-26(10-8-18)21(27)13-17-3-5-20(23)6-4-17/h3-6,14,18H,7-13,15H2,1-2H3. The van der Waals surface area contributed by atoms with Crippen molar-refractivity contribution in [2.75, 3.05) is 33.4 Å². The molecule has 1 aliphatic heterocycles. The summed E-state index contributed by atoms with van der Waals surface area (Å²) in [6, 6.07) is 7.47. The van der Waals surface area contributed by atoms with E-state index >= 15 is 0 Å². The average molecular weight is 418 g/mol. The number of aryl methyl sites for hydroxylation is 1. The number of rotatable bonds is 8. The molecule has 2 heterocycles. The number of hydrogen-bond acceptors (Lipinski definition) is 5. The summed E-state index contributed by atoms with van der Waals surface area (Å²) < 4.78 is 10.7. The van der Waals surface area contributed by atoms with Gasteiger partial charge in [-0.1, -0.05) is 23.7 Å². The van der Waals surface area contributed by atoms with Crippen molar-refractivity contribution < 1.29 is 14.3 Å². The van der Waals surface area contributed by atoms with E-state index in [0.29, 0.717) is 37.2 Å². The number of hydrogen-bond donors (Lipinski definition) is 0. The van der Waals surface area contributed by atoms with Gasteiger partial charge >= 0.3 is 0 Å². The number of carbonyl (C=O) groups is 1. The van der Waals surface area contributed by atoms with Gasteiger partial charge < -0.3 is 14.4 Å². The minimum atomic E-state index is 0.160. The number of halogens is 1. The van der Waals surface area contributed by atoms with Gasteiger partial charge in [-0.05, 0) is 37.5 Å². The Kier molecular flexibility index (Phi) is 7.98. The molecule has 1 amide bonds. The number of amides is 1. The predicted molar refractivity (Wildman–Crippen MR) is 112 cm³/mol. The van der Waals surface area contributed by atoms with Gasteiger partial charge in [-0.2, -0.15) is 0 Å². The van der Waals surface area contributed by atoms with E-state index in [1.54, 1.807) is 7.11 Å². The van der Waals surface area contributed by atoms with Gasteiger partial charge in [0.15, 0.2) is 0 Å². The number of methoxy groups -OCH3 is 1. The molecule has 0 bridgehead atoms. The van der Waals surface area contributed by atoms with Gasteiger partial charge in [-0.25, -0.2) is 9.97 Å². The highest BCUT2D eigenvalue weighted by atomic mass is 35.5. The molecule has 0 aliphatic carbocycles. The third kappa shape index (κ3) is 6.23. The Bertz CT molecular complexity index is 805. The predicted octanol–water partition coefficient (Wildman–Crippen LogP) is 3.55. The van der Waals surface area contributed by atoms with E-state index in [2.05, 4.69) is 4.98 Å². The van der Waals surface area contributed by atoms with Crippen LogP contribution in [-0.2, 0) is 27.3 Å². The lowest BCUT2D eigenvalue weighted by atomic mass is 9.90. The van der Waals surface area contributed by atoms with E-state index in [9.17, 15) is 4.79 Å². The van der Waals surface area contributed by atoms with Crippen molar-refractivity contribution in [3.8, 4) is 0 Å². The summed E-state index contributed by atoms with van der Waals surface area (Å²) >= 11 is 5.92. The molecule has 0 radical (unpaired) electrons. The molecule has 2 aromatic rings. The summed E-state index contributed by atoms with van der Waals surface area (Å²) in [7, 11) is 1.66. The van der Waals surface area contributed by atoms with Crippen LogP contribution in [0.5, 0.6) is 0 Å². The third-order valence-electron chi connectivity index (χ3n) is 5.21. The molecule has 3 rings (SSSR count). The Morgan fingerprint density at radius 3 is 2.62 bits per heavy atom. The summed E-state index contributed by atoms with van der Waals surface area (Å²) in [5.41, 5.74) is 3.07. The van der Waals surface area contributed by atoms with Crippen LogP contribution in [0.2, 0.25) is 5.02 Å². The van der Waals surface area contributed by atoms with Crippen molar-refractivity contribution in [1.82, 2.24) is 14.9 Å². The Morgan fingerprint density at radius 2 is 1.93 bits per heavy atom. The Hall–Kier alpha value is -2.02. The summed E-state index contributed by atoms with van der Waals surface area (Å²) in [6.45, 7) is 4.98. The van der Waals surface area contributed by atoms with E-state index in [4.69, 9.17) is 26.1 Å². The van der Waals surface area contributed by atoms with Gasteiger partial charge in [-0.15, -0.1) is 0 Å². The largest absolute Gasteiger partial charge is 0.382 e. The molecular weight excluding hydrogens is 390 g/mol. The minimum absolute atomic E-state index is 0.160. The van der Waals surface area contributed by atoms with E-state index in [1.165, 1.54) is 0 Å². The Balaban J connectivity index is 1.57. The maximum atomic E-state index is 12.7. The molecule has 0 saturated carbocycles. The van der Waals surface area contributed by atoms with Crippen molar-refractivity contribution in [2.24, 2.45) is 0 Å². The Labute approximate surface area is 177 Å². The van der Waals surface area contributed by atoms with Gasteiger partial charge in [0, 0.05) is 42.9 Å². The molecule has 1 saturated heterocycles. The molecule has 7 heteroatoms. The molecule has 29 heavy (non-hydrogen) atoms. The Morgan fingerprint density at radius 1 is 1.21 bits per heavy atom. The molecule has 0 spiro atoms. The lowest BCUT2D eigenvalue weighted by molar-refractivity contribution is -0.131. The number of aromatic nitrogens is 2.